The Morgan fingerprint density at radius 2 is 2.03 bits per heavy atom. The smallest absolute Gasteiger partial charge is 0.250 e. The van der Waals surface area contributed by atoms with E-state index in [0.717, 1.165) is 24.2 Å². The number of methoxy groups -OCH3 is 1. The predicted molar refractivity (Wildman–Crippen MR) is 141 cm³/mol. The number of aromatic hydroxyl groups is 1. The number of phenols is 1. The summed E-state index contributed by atoms with van der Waals surface area (Å²) in [4.78, 5) is 12.5. The molecule has 8 nitrogen and oxygen atoms in total. The van der Waals surface area contributed by atoms with Gasteiger partial charge in [-0.2, -0.15) is 5.10 Å². The standard InChI is InChI=1S/C24H25BrClN5O3S/c1-34-20-12-15(11-19(25)22(20)33)13-27-28-21(32)14-35-24-30-29-23(16-7-9-17(26)10-8-16)31(24)18-5-3-2-4-6-18/h7-13,18,33H,2-6,14H2,1H3,(H,28,32)/b27-13+. The molecule has 1 aromatic heterocycles. The highest BCUT2D eigenvalue weighted by atomic mass is 79.9. The van der Waals surface area contributed by atoms with Crippen LogP contribution in [0.2, 0.25) is 5.02 Å². The normalized spacial score (nSPS) is 14.4. The molecule has 184 valence electrons. The van der Waals surface area contributed by atoms with Gasteiger partial charge in [-0.05, 0) is 70.7 Å². The number of halogens is 2. The molecule has 0 radical (unpaired) electrons. The highest BCUT2D eigenvalue weighted by Gasteiger charge is 2.24. The van der Waals surface area contributed by atoms with E-state index in [2.05, 4.69) is 41.2 Å². The van der Waals surface area contributed by atoms with Crippen LogP contribution >= 0.6 is 39.3 Å². The van der Waals surface area contributed by atoms with Crippen LogP contribution in [-0.4, -0.2) is 44.9 Å². The van der Waals surface area contributed by atoms with Crippen LogP contribution < -0.4 is 10.2 Å². The number of nitrogens with zero attached hydrogens (tertiary/aromatic N) is 4. The molecule has 11 heteroatoms. The Hall–Kier alpha value is -2.56. The largest absolute Gasteiger partial charge is 0.503 e. The zero-order chi connectivity index (χ0) is 24.8. The van der Waals surface area contributed by atoms with E-state index in [-0.39, 0.29) is 17.4 Å². The second kappa shape index (κ2) is 11.9. The number of hydrazone groups is 1. The number of aromatic nitrogens is 3. The molecule has 1 heterocycles. The van der Waals surface area contributed by atoms with E-state index in [9.17, 15) is 9.90 Å². The van der Waals surface area contributed by atoms with Crippen molar-refractivity contribution in [1.82, 2.24) is 20.2 Å². The summed E-state index contributed by atoms with van der Waals surface area (Å²) >= 11 is 10.7. The molecule has 0 bridgehead atoms. The molecular formula is C24H25BrClN5O3S. The van der Waals surface area contributed by atoms with Crippen molar-refractivity contribution in [2.24, 2.45) is 5.10 Å². The van der Waals surface area contributed by atoms with Crippen LogP contribution in [0.5, 0.6) is 11.5 Å². The highest BCUT2D eigenvalue weighted by Crippen LogP contribution is 2.36. The number of nitrogens with one attached hydrogen (secondary N) is 1. The topological polar surface area (TPSA) is 102 Å². The molecule has 1 aliphatic carbocycles. The molecule has 0 unspecified atom stereocenters. The first kappa shape index (κ1) is 25.5. The fourth-order valence-corrected chi connectivity index (χ4v) is 5.39. The highest BCUT2D eigenvalue weighted by molar-refractivity contribution is 9.10. The van der Waals surface area contributed by atoms with E-state index >= 15 is 0 Å². The number of phenolic OH excluding ortho intramolecular Hbond substituents is 1. The molecule has 0 atom stereocenters. The summed E-state index contributed by atoms with van der Waals surface area (Å²) in [5, 5.41) is 24.2. The minimum Gasteiger partial charge on any atom is -0.503 e. The predicted octanol–water partition coefficient (Wildman–Crippen LogP) is 5.82. The van der Waals surface area contributed by atoms with Crippen LogP contribution in [0.4, 0.5) is 0 Å². The quantitative estimate of drug-likeness (QED) is 0.198. The number of benzene rings is 2. The molecule has 35 heavy (non-hydrogen) atoms. The summed E-state index contributed by atoms with van der Waals surface area (Å²) in [6.07, 6.45) is 7.18. The van der Waals surface area contributed by atoms with Crippen molar-refractivity contribution in [3.05, 3.63) is 51.5 Å². The Morgan fingerprint density at radius 1 is 1.29 bits per heavy atom. The second-order valence-corrected chi connectivity index (χ2v) is 10.3. The van der Waals surface area contributed by atoms with Gasteiger partial charge in [-0.25, -0.2) is 5.43 Å². The molecule has 0 saturated heterocycles. The van der Waals surface area contributed by atoms with Gasteiger partial charge in [0, 0.05) is 16.6 Å². The summed E-state index contributed by atoms with van der Waals surface area (Å²) in [5.74, 6) is 0.987. The summed E-state index contributed by atoms with van der Waals surface area (Å²) in [6, 6.07) is 11.2. The van der Waals surface area contributed by atoms with Crippen molar-refractivity contribution in [3.63, 3.8) is 0 Å². The molecule has 3 aromatic rings. The van der Waals surface area contributed by atoms with Gasteiger partial charge in [0.15, 0.2) is 22.5 Å². The zero-order valence-electron chi connectivity index (χ0n) is 19.1. The minimum absolute atomic E-state index is 0.00475. The van der Waals surface area contributed by atoms with Crippen LogP contribution in [0.1, 0.15) is 43.7 Å². The molecule has 0 spiro atoms. The van der Waals surface area contributed by atoms with Gasteiger partial charge in [-0.1, -0.05) is 42.6 Å². The average Bonchev–Trinajstić information content (AvgIpc) is 3.29. The number of carbonyl (C=O) groups is 1. The molecular weight excluding hydrogens is 554 g/mol. The Morgan fingerprint density at radius 3 is 2.74 bits per heavy atom. The number of thioether (sulfide) groups is 1. The van der Waals surface area contributed by atoms with Gasteiger partial charge in [0.1, 0.15) is 0 Å². The van der Waals surface area contributed by atoms with Gasteiger partial charge in [-0.3, -0.25) is 9.36 Å². The third-order valence-electron chi connectivity index (χ3n) is 5.71. The van der Waals surface area contributed by atoms with Crippen molar-refractivity contribution >= 4 is 51.4 Å². The van der Waals surface area contributed by atoms with E-state index in [1.54, 1.807) is 12.1 Å². The first-order chi connectivity index (χ1) is 17.0. The Balaban J connectivity index is 1.44. The molecule has 2 aromatic carbocycles. The minimum atomic E-state index is -0.262. The number of hydrogen-bond donors (Lipinski definition) is 2. The van der Waals surface area contributed by atoms with Crippen LogP contribution in [0, 0.1) is 0 Å². The van der Waals surface area contributed by atoms with Crippen LogP contribution in [0.15, 0.2) is 51.1 Å². The number of hydrogen-bond acceptors (Lipinski definition) is 7. The third kappa shape index (κ3) is 6.36. The summed E-state index contributed by atoms with van der Waals surface area (Å²) in [7, 11) is 1.46. The van der Waals surface area contributed by atoms with Crippen molar-refractivity contribution in [3.8, 4) is 22.9 Å². The maximum atomic E-state index is 12.5. The number of amides is 1. The Labute approximate surface area is 221 Å². The van der Waals surface area contributed by atoms with Gasteiger partial charge >= 0.3 is 0 Å². The molecule has 1 saturated carbocycles. The lowest BCUT2D eigenvalue weighted by molar-refractivity contribution is -0.118. The van der Waals surface area contributed by atoms with Crippen molar-refractivity contribution < 1.29 is 14.6 Å². The molecule has 1 amide bonds. The number of carbonyl (C=O) groups excluding carboxylic acids is 1. The maximum absolute atomic E-state index is 12.5. The fourth-order valence-electron chi connectivity index (χ4n) is 4.00. The van der Waals surface area contributed by atoms with Crippen LogP contribution in [0.25, 0.3) is 11.4 Å². The SMILES string of the molecule is COc1cc(/C=N/NC(=O)CSc2nnc(-c3ccc(Cl)cc3)n2C2CCCCC2)cc(Br)c1O. The molecule has 2 N–H and O–H groups in total. The van der Waals surface area contributed by atoms with Crippen molar-refractivity contribution in [2.75, 3.05) is 12.9 Å². The molecule has 1 aliphatic rings. The first-order valence-corrected chi connectivity index (χ1v) is 13.3. The first-order valence-electron chi connectivity index (χ1n) is 11.2. The van der Waals surface area contributed by atoms with Crippen LogP contribution in [0.3, 0.4) is 0 Å². The van der Waals surface area contributed by atoms with Gasteiger partial charge in [0.05, 0.1) is 23.5 Å². The third-order valence-corrected chi connectivity index (χ3v) is 7.51. The number of rotatable bonds is 8. The summed E-state index contributed by atoms with van der Waals surface area (Å²) in [5.41, 5.74) is 4.14. The lowest BCUT2D eigenvalue weighted by Gasteiger charge is -2.25. The molecule has 1 fully saturated rings. The fraction of sp³-hybridized carbons (Fsp3) is 0.333. The lowest BCUT2D eigenvalue weighted by atomic mass is 9.95. The van der Waals surface area contributed by atoms with E-state index in [1.165, 1.54) is 44.3 Å². The molecule has 4 rings (SSSR count). The molecule has 0 aliphatic heterocycles. The summed E-state index contributed by atoms with van der Waals surface area (Å²) in [6.45, 7) is 0. The Kier molecular flexibility index (Phi) is 8.69. The monoisotopic (exact) mass is 577 g/mol. The van der Waals surface area contributed by atoms with Crippen molar-refractivity contribution in [1.29, 1.82) is 0 Å². The van der Waals surface area contributed by atoms with E-state index < -0.39 is 0 Å². The zero-order valence-corrected chi connectivity index (χ0v) is 22.2. The van der Waals surface area contributed by atoms with Gasteiger partial charge in [0.25, 0.3) is 5.91 Å². The number of ether oxygens (including phenoxy) is 1. The van der Waals surface area contributed by atoms with E-state index in [4.69, 9.17) is 16.3 Å². The van der Waals surface area contributed by atoms with Gasteiger partial charge in [0.2, 0.25) is 0 Å². The Bertz CT molecular complexity index is 1210. The van der Waals surface area contributed by atoms with Gasteiger partial charge < -0.3 is 9.84 Å². The lowest BCUT2D eigenvalue weighted by Crippen LogP contribution is -2.20. The second-order valence-electron chi connectivity index (χ2n) is 8.11. The average molecular weight is 579 g/mol. The van der Waals surface area contributed by atoms with Gasteiger partial charge in [-0.15, -0.1) is 10.2 Å². The van der Waals surface area contributed by atoms with Crippen LogP contribution in [-0.2, 0) is 4.79 Å². The summed E-state index contributed by atoms with van der Waals surface area (Å²) < 4.78 is 7.77. The van der Waals surface area contributed by atoms with E-state index in [0.29, 0.717) is 32.0 Å². The van der Waals surface area contributed by atoms with E-state index in [1.807, 2.05) is 24.3 Å². The van der Waals surface area contributed by atoms with Crippen molar-refractivity contribution in [2.45, 2.75) is 43.3 Å². The maximum Gasteiger partial charge on any atom is 0.250 e.